The Balaban J connectivity index is 2.02. The molecule has 1 aliphatic heterocycles. The molecule has 5 nitrogen and oxygen atoms in total. The van der Waals surface area contributed by atoms with Gasteiger partial charge < -0.3 is 10.0 Å². The molecule has 0 radical (unpaired) electrons. The highest BCUT2D eigenvalue weighted by molar-refractivity contribution is 5.67. The molecule has 18 heavy (non-hydrogen) atoms. The zero-order chi connectivity index (χ0) is 13.3. The Labute approximate surface area is 100 Å². The minimum Gasteiger partial charge on any atom is -0.481 e. The van der Waals surface area contributed by atoms with Crippen molar-refractivity contribution in [3.63, 3.8) is 0 Å². The number of carboxylic acid groups (broad SMARTS) is 1. The van der Waals surface area contributed by atoms with Gasteiger partial charge in [0, 0.05) is 25.2 Å². The highest BCUT2D eigenvalue weighted by Crippen LogP contribution is 2.30. The molecule has 2 heterocycles. The van der Waals surface area contributed by atoms with E-state index in [1.165, 1.54) is 4.90 Å². The van der Waals surface area contributed by atoms with E-state index in [1.54, 1.807) is 0 Å². The molecule has 1 fully saturated rings. The Bertz CT molecular complexity index is 458. The second kappa shape index (κ2) is 4.43. The van der Waals surface area contributed by atoms with Crippen molar-refractivity contribution in [2.24, 2.45) is 5.92 Å². The van der Waals surface area contributed by atoms with Crippen molar-refractivity contribution >= 4 is 11.9 Å². The lowest BCUT2D eigenvalue weighted by atomic mass is 9.97. The third-order valence-electron chi connectivity index (χ3n) is 2.64. The van der Waals surface area contributed by atoms with Gasteiger partial charge in [0.2, 0.25) is 5.95 Å². The predicted molar refractivity (Wildman–Crippen MR) is 55.0 cm³/mol. The van der Waals surface area contributed by atoms with Gasteiger partial charge in [-0.15, -0.1) is 0 Å². The lowest BCUT2D eigenvalue weighted by Gasteiger charge is -2.38. The van der Waals surface area contributed by atoms with Crippen molar-refractivity contribution in [1.29, 1.82) is 0 Å². The van der Waals surface area contributed by atoms with E-state index < -0.39 is 17.8 Å². The summed E-state index contributed by atoms with van der Waals surface area (Å²) in [6.45, 7) is 0.737. The molecule has 1 aliphatic rings. The average Bonchev–Trinajstić information content (AvgIpc) is 2.21. The first-order valence-corrected chi connectivity index (χ1v) is 5.23. The van der Waals surface area contributed by atoms with Crippen molar-refractivity contribution in [3.8, 4) is 0 Å². The number of nitrogens with zero attached hydrogens (tertiary/aromatic N) is 3. The number of hydrogen-bond acceptors (Lipinski definition) is 4. The van der Waals surface area contributed by atoms with Crippen molar-refractivity contribution in [2.45, 2.75) is 12.6 Å². The van der Waals surface area contributed by atoms with Gasteiger partial charge in [-0.1, -0.05) is 0 Å². The van der Waals surface area contributed by atoms with Gasteiger partial charge in [0.25, 0.3) is 0 Å². The van der Waals surface area contributed by atoms with Gasteiger partial charge in [-0.3, -0.25) is 4.79 Å². The van der Waals surface area contributed by atoms with Crippen LogP contribution in [-0.4, -0.2) is 34.1 Å². The summed E-state index contributed by atoms with van der Waals surface area (Å²) >= 11 is 0. The van der Waals surface area contributed by atoms with Crippen LogP contribution >= 0.6 is 0 Å². The lowest BCUT2D eigenvalue weighted by Crippen LogP contribution is -2.48. The fourth-order valence-corrected chi connectivity index (χ4v) is 1.77. The van der Waals surface area contributed by atoms with Crippen molar-refractivity contribution in [2.75, 3.05) is 18.0 Å². The molecule has 0 aliphatic carbocycles. The molecule has 2 rings (SSSR count). The van der Waals surface area contributed by atoms with Gasteiger partial charge in [0.1, 0.15) is 5.69 Å². The van der Waals surface area contributed by atoms with E-state index >= 15 is 0 Å². The first-order chi connectivity index (χ1) is 8.36. The first-order valence-electron chi connectivity index (χ1n) is 5.23. The zero-order valence-corrected chi connectivity index (χ0v) is 9.18. The molecule has 1 aromatic rings. The van der Waals surface area contributed by atoms with Crippen LogP contribution in [-0.2, 0) is 11.0 Å². The Morgan fingerprint density at radius 2 is 2.17 bits per heavy atom. The number of hydrogen-bond donors (Lipinski definition) is 1. The van der Waals surface area contributed by atoms with Crippen LogP contribution in [0.15, 0.2) is 12.3 Å². The molecule has 0 aromatic carbocycles. The number of anilines is 1. The second-order valence-corrected chi connectivity index (χ2v) is 4.11. The van der Waals surface area contributed by atoms with E-state index in [-0.39, 0.29) is 18.3 Å². The third-order valence-corrected chi connectivity index (χ3v) is 2.64. The molecule has 1 saturated heterocycles. The minimum absolute atomic E-state index is 0.00790. The lowest BCUT2D eigenvalue weighted by molar-refractivity contribution is -0.141. The standard InChI is InChI=1S/C10H10F3N3O2/c11-10(12,13)7-1-2-14-9(15-7)16-4-6(5-16)3-8(17)18/h1-2,6H,3-5H2,(H,17,18). The van der Waals surface area contributed by atoms with Crippen LogP contribution in [0.4, 0.5) is 19.1 Å². The highest BCUT2D eigenvalue weighted by Gasteiger charge is 2.35. The van der Waals surface area contributed by atoms with E-state index in [0.717, 1.165) is 12.3 Å². The summed E-state index contributed by atoms with van der Waals surface area (Å²) in [7, 11) is 0. The van der Waals surface area contributed by atoms with Crippen LogP contribution in [0.25, 0.3) is 0 Å². The van der Waals surface area contributed by atoms with Crippen LogP contribution in [0.5, 0.6) is 0 Å². The molecule has 1 N–H and O–H groups in total. The maximum atomic E-state index is 12.4. The molecule has 0 atom stereocenters. The van der Waals surface area contributed by atoms with Crippen LogP contribution < -0.4 is 4.90 Å². The molecule has 1 aromatic heterocycles. The van der Waals surface area contributed by atoms with Crippen LogP contribution in [0.1, 0.15) is 12.1 Å². The number of aromatic nitrogens is 2. The van der Waals surface area contributed by atoms with Crippen molar-refractivity contribution in [1.82, 2.24) is 9.97 Å². The Morgan fingerprint density at radius 3 is 2.72 bits per heavy atom. The molecule has 0 spiro atoms. The smallest absolute Gasteiger partial charge is 0.433 e. The van der Waals surface area contributed by atoms with Gasteiger partial charge in [-0.05, 0) is 6.07 Å². The number of carbonyl (C=O) groups is 1. The summed E-state index contributed by atoms with van der Waals surface area (Å²) in [5, 5.41) is 8.56. The van der Waals surface area contributed by atoms with Crippen molar-refractivity contribution in [3.05, 3.63) is 18.0 Å². The van der Waals surface area contributed by atoms with Gasteiger partial charge in [-0.2, -0.15) is 13.2 Å². The van der Waals surface area contributed by atoms with Crippen LogP contribution in [0.3, 0.4) is 0 Å². The fraction of sp³-hybridized carbons (Fsp3) is 0.500. The Hall–Kier alpha value is -1.86. The maximum Gasteiger partial charge on any atom is 0.433 e. The fourth-order valence-electron chi connectivity index (χ4n) is 1.77. The summed E-state index contributed by atoms with van der Waals surface area (Å²) in [6.07, 6.45) is -3.44. The molecule has 0 amide bonds. The van der Waals surface area contributed by atoms with Crippen molar-refractivity contribution < 1.29 is 23.1 Å². The van der Waals surface area contributed by atoms with E-state index in [9.17, 15) is 18.0 Å². The topological polar surface area (TPSA) is 66.3 Å². The third kappa shape index (κ3) is 2.69. The quantitative estimate of drug-likeness (QED) is 0.891. The molecule has 0 bridgehead atoms. The Morgan fingerprint density at radius 1 is 1.50 bits per heavy atom. The maximum absolute atomic E-state index is 12.4. The number of alkyl halides is 3. The number of carboxylic acids is 1. The number of halogens is 3. The Kier molecular flexibility index (Phi) is 3.10. The summed E-state index contributed by atoms with van der Waals surface area (Å²) in [5.41, 5.74) is -0.991. The number of rotatable bonds is 3. The largest absolute Gasteiger partial charge is 0.481 e. The van der Waals surface area contributed by atoms with Crippen LogP contribution in [0, 0.1) is 5.92 Å². The average molecular weight is 261 g/mol. The normalized spacial score (nSPS) is 16.5. The van der Waals surface area contributed by atoms with E-state index in [1.807, 2.05) is 0 Å². The summed E-state index contributed by atoms with van der Waals surface area (Å²) < 4.78 is 37.2. The van der Waals surface area contributed by atoms with E-state index in [0.29, 0.717) is 13.1 Å². The second-order valence-electron chi connectivity index (χ2n) is 4.11. The van der Waals surface area contributed by atoms with Crippen LogP contribution in [0.2, 0.25) is 0 Å². The molecule has 98 valence electrons. The van der Waals surface area contributed by atoms with E-state index in [4.69, 9.17) is 5.11 Å². The summed E-state index contributed by atoms with van der Waals surface area (Å²) in [4.78, 5) is 19.1. The van der Waals surface area contributed by atoms with Gasteiger partial charge >= 0.3 is 12.1 Å². The SMILES string of the molecule is O=C(O)CC1CN(c2nccc(C(F)(F)F)n2)C1. The van der Waals surface area contributed by atoms with Gasteiger partial charge in [-0.25, -0.2) is 9.97 Å². The molecular weight excluding hydrogens is 251 g/mol. The first kappa shape index (κ1) is 12.6. The number of aliphatic carboxylic acids is 1. The molecular formula is C10H10F3N3O2. The summed E-state index contributed by atoms with van der Waals surface area (Å²) in [5.74, 6) is -0.975. The monoisotopic (exact) mass is 261 g/mol. The van der Waals surface area contributed by atoms with Gasteiger partial charge in [0.15, 0.2) is 0 Å². The molecule has 0 saturated carbocycles. The van der Waals surface area contributed by atoms with Gasteiger partial charge in [0.05, 0.1) is 6.42 Å². The van der Waals surface area contributed by atoms with E-state index in [2.05, 4.69) is 9.97 Å². The predicted octanol–water partition coefficient (Wildman–Crippen LogP) is 1.41. The highest BCUT2D eigenvalue weighted by atomic mass is 19.4. The summed E-state index contributed by atoms with van der Waals surface area (Å²) in [6, 6.07) is 0.804. The molecule has 0 unspecified atom stereocenters. The minimum atomic E-state index is -4.50. The molecule has 8 heteroatoms. The zero-order valence-electron chi connectivity index (χ0n) is 9.18.